The summed E-state index contributed by atoms with van der Waals surface area (Å²) in [7, 11) is 0. The van der Waals surface area contributed by atoms with Crippen LogP contribution in [-0.4, -0.2) is 5.91 Å². The third kappa shape index (κ3) is 2.49. The monoisotopic (exact) mass is 271 g/mol. The molecular formula is C16H14ClNO. The van der Waals surface area contributed by atoms with Crippen molar-refractivity contribution in [1.82, 2.24) is 0 Å². The van der Waals surface area contributed by atoms with E-state index >= 15 is 0 Å². The highest BCUT2D eigenvalue weighted by molar-refractivity contribution is 6.30. The fourth-order valence-electron chi connectivity index (χ4n) is 2.61. The summed E-state index contributed by atoms with van der Waals surface area (Å²) in [5.41, 5.74) is 3.20. The molecule has 1 aliphatic heterocycles. The van der Waals surface area contributed by atoms with Crippen molar-refractivity contribution in [3.05, 3.63) is 64.7 Å². The highest BCUT2D eigenvalue weighted by Gasteiger charge is 2.23. The van der Waals surface area contributed by atoms with Gasteiger partial charge in [-0.15, -0.1) is 0 Å². The maximum atomic E-state index is 11.8. The van der Waals surface area contributed by atoms with Crippen molar-refractivity contribution in [2.75, 3.05) is 5.32 Å². The first-order valence-electron chi connectivity index (χ1n) is 6.38. The van der Waals surface area contributed by atoms with Crippen LogP contribution in [0.25, 0.3) is 0 Å². The zero-order chi connectivity index (χ0) is 13.2. The Hall–Kier alpha value is -1.80. The smallest absolute Gasteiger partial charge is 0.224 e. The van der Waals surface area contributed by atoms with Crippen molar-refractivity contribution in [3.63, 3.8) is 0 Å². The molecule has 0 saturated carbocycles. The lowest BCUT2D eigenvalue weighted by molar-refractivity contribution is -0.116. The molecule has 0 unspecified atom stereocenters. The van der Waals surface area contributed by atoms with Gasteiger partial charge in [0.05, 0.1) is 0 Å². The Morgan fingerprint density at radius 1 is 1.11 bits per heavy atom. The maximum absolute atomic E-state index is 11.8. The minimum Gasteiger partial charge on any atom is -0.326 e. The predicted molar refractivity (Wildman–Crippen MR) is 77.6 cm³/mol. The van der Waals surface area contributed by atoms with E-state index in [1.165, 1.54) is 5.56 Å². The van der Waals surface area contributed by atoms with Crippen LogP contribution in [-0.2, 0) is 4.79 Å². The zero-order valence-corrected chi connectivity index (χ0v) is 11.2. The number of benzene rings is 2. The minimum absolute atomic E-state index is 0.0713. The van der Waals surface area contributed by atoms with Crippen molar-refractivity contribution in [1.29, 1.82) is 0 Å². The Balaban J connectivity index is 2.11. The molecule has 3 rings (SSSR count). The Bertz CT molecular complexity index is 609. The molecule has 0 saturated heterocycles. The van der Waals surface area contributed by atoms with Crippen LogP contribution in [0.4, 0.5) is 5.69 Å². The number of fused-ring (bicyclic) bond motifs is 1. The fourth-order valence-corrected chi connectivity index (χ4v) is 2.79. The standard InChI is InChI=1S/C16H14ClNO/c17-12-6-8-15-14(10-12)13(7-9-16(19)18-15)11-4-2-1-3-5-11/h1-6,8,10,13H,7,9H2,(H,18,19)/t13-/m1/s1. The first-order chi connectivity index (χ1) is 9.24. The number of carbonyl (C=O) groups excluding carboxylic acids is 1. The number of carbonyl (C=O) groups is 1. The van der Waals surface area contributed by atoms with Crippen molar-refractivity contribution in [2.45, 2.75) is 18.8 Å². The van der Waals surface area contributed by atoms with Crippen LogP contribution in [0.3, 0.4) is 0 Å². The molecule has 19 heavy (non-hydrogen) atoms. The van der Waals surface area contributed by atoms with Gasteiger partial charge in [-0.3, -0.25) is 4.79 Å². The highest BCUT2D eigenvalue weighted by atomic mass is 35.5. The van der Waals surface area contributed by atoms with Gasteiger partial charge >= 0.3 is 0 Å². The average molecular weight is 272 g/mol. The van der Waals surface area contributed by atoms with Crippen LogP contribution in [0.1, 0.15) is 29.9 Å². The number of hydrogen-bond acceptors (Lipinski definition) is 1. The first-order valence-corrected chi connectivity index (χ1v) is 6.76. The van der Waals surface area contributed by atoms with E-state index in [4.69, 9.17) is 11.6 Å². The largest absolute Gasteiger partial charge is 0.326 e. The molecule has 96 valence electrons. The normalized spacial score (nSPS) is 18.4. The first kappa shape index (κ1) is 12.2. The Labute approximate surface area is 117 Å². The third-order valence-corrected chi connectivity index (χ3v) is 3.76. The quantitative estimate of drug-likeness (QED) is 0.827. The molecule has 2 aromatic rings. The second-order valence-electron chi connectivity index (χ2n) is 4.78. The van der Waals surface area contributed by atoms with Gasteiger partial charge in [-0.05, 0) is 35.7 Å². The molecule has 3 heteroatoms. The molecule has 0 radical (unpaired) electrons. The number of amides is 1. The molecule has 2 nitrogen and oxygen atoms in total. The van der Waals surface area contributed by atoms with E-state index < -0.39 is 0 Å². The van der Waals surface area contributed by atoms with Crippen LogP contribution >= 0.6 is 11.6 Å². The fraction of sp³-hybridized carbons (Fsp3) is 0.188. The number of nitrogens with one attached hydrogen (secondary N) is 1. The molecule has 0 fully saturated rings. The van der Waals surface area contributed by atoms with E-state index in [0.717, 1.165) is 17.7 Å². The summed E-state index contributed by atoms with van der Waals surface area (Å²) in [6.45, 7) is 0. The average Bonchev–Trinajstić information content (AvgIpc) is 2.58. The Kier molecular flexibility index (Phi) is 3.26. The van der Waals surface area contributed by atoms with E-state index in [9.17, 15) is 4.79 Å². The van der Waals surface area contributed by atoms with Gasteiger partial charge in [-0.2, -0.15) is 0 Å². The van der Waals surface area contributed by atoms with Crippen molar-refractivity contribution < 1.29 is 4.79 Å². The second-order valence-corrected chi connectivity index (χ2v) is 5.22. The zero-order valence-electron chi connectivity index (χ0n) is 10.4. The van der Waals surface area contributed by atoms with E-state index in [-0.39, 0.29) is 11.8 Å². The lowest BCUT2D eigenvalue weighted by atomic mass is 9.87. The number of rotatable bonds is 1. The van der Waals surface area contributed by atoms with Crippen molar-refractivity contribution >= 4 is 23.2 Å². The SMILES string of the molecule is O=C1CC[C@H](c2ccccc2)c2cc(Cl)ccc2N1. The van der Waals surface area contributed by atoms with Crippen LogP contribution in [0.15, 0.2) is 48.5 Å². The summed E-state index contributed by atoms with van der Waals surface area (Å²) < 4.78 is 0. The van der Waals surface area contributed by atoms with E-state index in [0.29, 0.717) is 11.4 Å². The van der Waals surface area contributed by atoms with E-state index in [1.807, 2.05) is 36.4 Å². The molecule has 0 spiro atoms. The van der Waals surface area contributed by atoms with Crippen LogP contribution in [0.2, 0.25) is 5.02 Å². The summed E-state index contributed by atoms with van der Waals surface area (Å²) in [5.74, 6) is 0.288. The lowest BCUT2D eigenvalue weighted by Crippen LogP contribution is -2.08. The number of halogens is 1. The molecule has 2 aromatic carbocycles. The summed E-state index contributed by atoms with van der Waals surface area (Å²) in [5, 5.41) is 3.66. The third-order valence-electron chi connectivity index (χ3n) is 3.53. The molecule has 0 aliphatic carbocycles. The van der Waals surface area contributed by atoms with Crippen LogP contribution in [0, 0.1) is 0 Å². The molecule has 0 bridgehead atoms. The van der Waals surface area contributed by atoms with Gasteiger partial charge in [0.2, 0.25) is 5.91 Å². The van der Waals surface area contributed by atoms with Crippen LogP contribution < -0.4 is 5.32 Å². The Morgan fingerprint density at radius 2 is 1.89 bits per heavy atom. The van der Waals surface area contributed by atoms with Gasteiger partial charge < -0.3 is 5.32 Å². The Morgan fingerprint density at radius 3 is 2.68 bits per heavy atom. The minimum atomic E-state index is 0.0713. The molecule has 1 atom stereocenters. The summed E-state index contributed by atoms with van der Waals surface area (Å²) in [6.07, 6.45) is 1.34. The van der Waals surface area contributed by atoms with Gasteiger partial charge in [0, 0.05) is 23.0 Å². The van der Waals surface area contributed by atoms with Crippen LogP contribution in [0.5, 0.6) is 0 Å². The molecule has 1 heterocycles. The molecule has 1 N–H and O–H groups in total. The molecule has 1 aliphatic rings. The van der Waals surface area contributed by atoms with Gasteiger partial charge in [-0.1, -0.05) is 41.9 Å². The summed E-state index contributed by atoms with van der Waals surface area (Å²) in [4.78, 5) is 11.8. The van der Waals surface area contributed by atoms with Gasteiger partial charge in [0.15, 0.2) is 0 Å². The number of anilines is 1. The maximum Gasteiger partial charge on any atom is 0.224 e. The molecule has 1 amide bonds. The lowest BCUT2D eigenvalue weighted by Gasteiger charge is -2.17. The highest BCUT2D eigenvalue weighted by Crippen LogP contribution is 2.37. The van der Waals surface area contributed by atoms with E-state index in [2.05, 4.69) is 17.4 Å². The van der Waals surface area contributed by atoms with Crippen molar-refractivity contribution in [2.24, 2.45) is 0 Å². The van der Waals surface area contributed by atoms with Gasteiger partial charge in [-0.25, -0.2) is 0 Å². The van der Waals surface area contributed by atoms with Gasteiger partial charge in [0.1, 0.15) is 0 Å². The van der Waals surface area contributed by atoms with Gasteiger partial charge in [0.25, 0.3) is 0 Å². The molecular weight excluding hydrogens is 258 g/mol. The summed E-state index contributed by atoms with van der Waals surface area (Å²) in [6, 6.07) is 15.9. The van der Waals surface area contributed by atoms with E-state index in [1.54, 1.807) is 0 Å². The number of hydrogen-bond donors (Lipinski definition) is 1. The summed E-state index contributed by atoms with van der Waals surface area (Å²) >= 11 is 6.11. The topological polar surface area (TPSA) is 29.1 Å². The predicted octanol–water partition coefficient (Wildman–Crippen LogP) is 4.20. The second kappa shape index (κ2) is 5.06. The molecule has 0 aromatic heterocycles. The van der Waals surface area contributed by atoms with Crippen molar-refractivity contribution in [3.8, 4) is 0 Å².